The van der Waals surface area contributed by atoms with Crippen molar-refractivity contribution in [2.75, 3.05) is 0 Å². The van der Waals surface area contributed by atoms with Crippen LogP contribution in [0.5, 0.6) is 0 Å². The summed E-state index contributed by atoms with van der Waals surface area (Å²) in [6.45, 7) is 13.5. The van der Waals surface area contributed by atoms with Crippen molar-refractivity contribution in [3.05, 3.63) is 48.6 Å². The van der Waals surface area contributed by atoms with Gasteiger partial charge in [0, 0.05) is 18.1 Å². The fraction of sp³-hybridized carbons (Fsp3) is 0.652. The van der Waals surface area contributed by atoms with Crippen molar-refractivity contribution in [1.82, 2.24) is 4.90 Å². The summed E-state index contributed by atoms with van der Waals surface area (Å²) in [5.74, 6) is 0. The average Bonchev–Trinajstić information content (AvgIpc) is 2.58. The van der Waals surface area contributed by atoms with Crippen molar-refractivity contribution in [2.24, 2.45) is 5.73 Å². The third-order valence-corrected chi connectivity index (χ3v) is 5.04. The number of rotatable bonds is 12. The third kappa shape index (κ3) is 7.61. The predicted molar refractivity (Wildman–Crippen MR) is 113 cm³/mol. The first-order valence-electron chi connectivity index (χ1n) is 10.2. The van der Waals surface area contributed by atoms with E-state index < -0.39 is 6.10 Å². The van der Waals surface area contributed by atoms with Crippen LogP contribution in [-0.2, 0) is 6.54 Å². The van der Waals surface area contributed by atoms with Crippen LogP contribution < -0.4 is 5.73 Å². The van der Waals surface area contributed by atoms with Gasteiger partial charge in [-0.25, -0.2) is 0 Å². The summed E-state index contributed by atoms with van der Waals surface area (Å²) in [6.07, 6.45) is 7.60. The number of hydrogen-bond acceptors (Lipinski definition) is 3. The molecule has 0 radical (unpaired) electrons. The highest BCUT2D eigenvalue weighted by Crippen LogP contribution is 2.27. The molecule has 3 N–H and O–H groups in total. The van der Waals surface area contributed by atoms with Gasteiger partial charge in [0.25, 0.3) is 0 Å². The van der Waals surface area contributed by atoms with Gasteiger partial charge in [0.1, 0.15) is 0 Å². The Hall–Kier alpha value is -1.16. The van der Waals surface area contributed by atoms with Crippen molar-refractivity contribution in [3.8, 4) is 0 Å². The first-order valence-corrected chi connectivity index (χ1v) is 10.2. The van der Waals surface area contributed by atoms with Crippen LogP contribution >= 0.6 is 0 Å². The van der Waals surface area contributed by atoms with Crippen LogP contribution in [0.25, 0.3) is 0 Å². The Bertz CT molecular complexity index is 495. The topological polar surface area (TPSA) is 49.5 Å². The van der Waals surface area contributed by atoms with E-state index in [9.17, 15) is 5.11 Å². The quantitative estimate of drug-likeness (QED) is 0.412. The molecule has 1 aromatic rings. The monoisotopic (exact) mass is 360 g/mol. The van der Waals surface area contributed by atoms with Crippen molar-refractivity contribution < 1.29 is 5.11 Å². The molecule has 3 heteroatoms. The van der Waals surface area contributed by atoms with Crippen LogP contribution in [0.3, 0.4) is 0 Å². The number of benzene rings is 1. The first-order chi connectivity index (χ1) is 12.3. The lowest BCUT2D eigenvalue weighted by Crippen LogP contribution is -2.59. The maximum absolute atomic E-state index is 11.1. The normalized spacial score (nSPS) is 15.7. The van der Waals surface area contributed by atoms with Crippen LogP contribution in [0.4, 0.5) is 0 Å². The molecule has 26 heavy (non-hydrogen) atoms. The standard InChI is InChI=1S/C23H40N2O/c1-6-8-9-13-17-21(26)22(20(24)14-7-2)25(23(3,4)5)18-19-15-11-10-12-16-19/h7,10-12,15-16,20-22,26H,2,6,8-9,13-14,17-18,24H2,1,3-5H3/t20-,21-,22+/m0/s1. The molecule has 3 atom stereocenters. The van der Waals surface area contributed by atoms with E-state index in [1.165, 1.54) is 24.8 Å². The van der Waals surface area contributed by atoms with Gasteiger partial charge in [0.05, 0.1) is 12.1 Å². The fourth-order valence-corrected chi connectivity index (χ4v) is 3.58. The minimum atomic E-state index is -0.426. The molecule has 0 unspecified atom stereocenters. The van der Waals surface area contributed by atoms with Gasteiger partial charge in [-0.15, -0.1) is 6.58 Å². The van der Waals surface area contributed by atoms with E-state index in [0.717, 1.165) is 19.4 Å². The van der Waals surface area contributed by atoms with E-state index in [-0.39, 0.29) is 17.6 Å². The van der Waals surface area contributed by atoms with Crippen LogP contribution in [0.15, 0.2) is 43.0 Å². The van der Waals surface area contributed by atoms with Gasteiger partial charge in [0.15, 0.2) is 0 Å². The molecule has 0 aliphatic heterocycles. The lowest BCUT2D eigenvalue weighted by Gasteiger charge is -2.46. The maximum Gasteiger partial charge on any atom is 0.0710 e. The summed E-state index contributed by atoms with van der Waals surface area (Å²) in [5.41, 5.74) is 7.69. The molecule has 1 aromatic carbocycles. The van der Waals surface area contributed by atoms with Gasteiger partial charge in [-0.05, 0) is 39.2 Å². The lowest BCUT2D eigenvalue weighted by molar-refractivity contribution is -0.0233. The number of aliphatic hydroxyl groups is 1. The molecular weight excluding hydrogens is 320 g/mol. The van der Waals surface area contributed by atoms with Gasteiger partial charge in [-0.2, -0.15) is 0 Å². The van der Waals surface area contributed by atoms with E-state index in [1.807, 2.05) is 12.1 Å². The van der Waals surface area contributed by atoms with Crippen LogP contribution in [0.1, 0.15) is 71.8 Å². The zero-order valence-corrected chi connectivity index (χ0v) is 17.3. The van der Waals surface area contributed by atoms with E-state index in [1.54, 1.807) is 0 Å². The summed E-state index contributed by atoms with van der Waals surface area (Å²) >= 11 is 0. The minimum absolute atomic E-state index is 0.0881. The Morgan fingerprint density at radius 3 is 2.35 bits per heavy atom. The summed E-state index contributed by atoms with van der Waals surface area (Å²) in [4.78, 5) is 2.38. The van der Waals surface area contributed by atoms with Gasteiger partial charge in [-0.1, -0.05) is 69.0 Å². The van der Waals surface area contributed by atoms with E-state index in [4.69, 9.17) is 5.73 Å². The molecule has 0 aliphatic rings. The largest absolute Gasteiger partial charge is 0.391 e. The number of nitrogens with zero attached hydrogens (tertiary/aromatic N) is 1. The van der Waals surface area contributed by atoms with Crippen molar-refractivity contribution in [3.63, 3.8) is 0 Å². The Morgan fingerprint density at radius 2 is 1.81 bits per heavy atom. The predicted octanol–water partition coefficient (Wildman–Crippen LogP) is 4.89. The molecule has 148 valence electrons. The number of nitrogens with two attached hydrogens (primary N) is 1. The molecule has 0 fully saturated rings. The molecule has 0 saturated carbocycles. The minimum Gasteiger partial charge on any atom is -0.391 e. The highest BCUT2D eigenvalue weighted by Gasteiger charge is 2.36. The second-order valence-corrected chi connectivity index (χ2v) is 8.38. The SMILES string of the molecule is C=CC[C@H](N)[C@H]([C@@H](O)CCCCCC)N(Cc1ccccc1)C(C)(C)C. The van der Waals surface area contributed by atoms with E-state index in [2.05, 4.69) is 63.4 Å². The Morgan fingerprint density at radius 1 is 1.15 bits per heavy atom. The first kappa shape index (κ1) is 22.9. The Kier molecular flexibility index (Phi) is 10.1. The molecule has 0 bridgehead atoms. The second-order valence-electron chi connectivity index (χ2n) is 8.38. The highest BCUT2D eigenvalue weighted by atomic mass is 16.3. The smallest absolute Gasteiger partial charge is 0.0710 e. The molecule has 0 heterocycles. The molecule has 0 aliphatic carbocycles. The molecule has 0 amide bonds. The number of unbranched alkanes of at least 4 members (excludes halogenated alkanes) is 3. The molecular formula is C23H40N2O. The maximum atomic E-state index is 11.1. The summed E-state index contributed by atoms with van der Waals surface area (Å²) in [7, 11) is 0. The molecule has 0 aromatic heterocycles. The summed E-state index contributed by atoms with van der Waals surface area (Å²) in [6, 6.07) is 10.2. The molecule has 3 nitrogen and oxygen atoms in total. The van der Waals surface area contributed by atoms with Crippen molar-refractivity contribution in [1.29, 1.82) is 0 Å². The molecule has 0 saturated heterocycles. The molecule has 0 spiro atoms. The Balaban J connectivity index is 3.01. The van der Waals surface area contributed by atoms with Crippen LogP contribution in [0.2, 0.25) is 0 Å². The van der Waals surface area contributed by atoms with Gasteiger partial charge >= 0.3 is 0 Å². The van der Waals surface area contributed by atoms with Crippen LogP contribution in [0, 0.1) is 0 Å². The second kappa shape index (κ2) is 11.5. The summed E-state index contributed by atoms with van der Waals surface area (Å²) < 4.78 is 0. The zero-order chi connectivity index (χ0) is 19.6. The summed E-state index contributed by atoms with van der Waals surface area (Å²) in [5, 5.41) is 11.1. The number of hydrogen-bond donors (Lipinski definition) is 2. The third-order valence-electron chi connectivity index (χ3n) is 5.04. The lowest BCUT2D eigenvalue weighted by atomic mass is 9.89. The highest BCUT2D eigenvalue weighted by molar-refractivity contribution is 5.15. The molecule has 1 rings (SSSR count). The van der Waals surface area contributed by atoms with Gasteiger partial charge in [-0.3, -0.25) is 4.90 Å². The van der Waals surface area contributed by atoms with Crippen LogP contribution in [-0.4, -0.2) is 33.7 Å². The van der Waals surface area contributed by atoms with E-state index in [0.29, 0.717) is 6.42 Å². The fourth-order valence-electron chi connectivity index (χ4n) is 3.58. The van der Waals surface area contributed by atoms with Gasteiger partial charge < -0.3 is 10.8 Å². The zero-order valence-electron chi connectivity index (χ0n) is 17.3. The van der Waals surface area contributed by atoms with Crippen molar-refractivity contribution >= 4 is 0 Å². The average molecular weight is 361 g/mol. The number of aliphatic hydroxyl groups excluding tert-OH is 1. The van der Waals surface area contributed by atoms with Gasteiger partial charge in [0.2, 0.25) is 0 Å². The Labute approximate surface area is 161 Å². The van der Waals surface area contributed by atoms with E-state index >= 15 is 0 Å². The van der Waals surface area contributed by atoms with Crippen molar-refractivity contribution in [2.45, 2.75) is 96.5 Å².